The first kappa shape index (κ1) is 15.2. The summed E-state index contributed by atoms with van der Waals surface area (Å²) < 4.78 is 0. The number of aliphatic carboxylic acids is 1. The molecule has 6 heteroatoms. The average molecular weight is 242 g/mol. The molecule has 1 atom stereocenters. The zero-order valence-electron chi connectivity index (χ0n) is 10.0. The molecular weight excluding hydrogens is 224 g/mol. The van der Waals surface area contributed by atoms with Crippen LogP contribution in [-0.2, 0) is 9.59 Å². The lowest BCUT2D eigenvalue weighted by Gasteiger charge is -2.15. The van der Waals surface area contributed by atoms with Crippen molar-refractivity contribution in [2.75, 3.05) is 0 Å². The molecule has 0 aromatic rings. The third kappa shape index (κ3) is 8.01. The van der Waals surface area contributed by atoms with Gasteiger partial charge >= 0.3 is 12.0 Å². The summed E-state index contributed by atoms with van der Waals surface area (Å²) in [7, 11) is 0. The number of carbonyl (C=O) groups excluding carboxylic acids is 2. The molecule has 0 aromatic carbocycles. The van der Waals surface area contributed by atoms with E-state index in [1.54, 1.807) is 0 Å². The molecule has 0 radical (unpaired) electrons. The molecule has 6 nitrogen and oxygen atoms in total. The fourth-order valence-corrected chi connectivity index (χ4v) is 1.25. The molecule has 0 aliphatic carbocycles. The summed E-state index contributed by atoms with van der Waals surface area (Å²) in [6.07, 6.45) is 4.02. The van der Waals surface area contributed by atoms with E-state index >= 15 is 0 Å². The summed E-state index contributed by atoms with van der Waals surface area (Å²) in [6, 6.07) is -0.582. The predicted molar refractivity (Wildman–Crippen MR) is 62.4 cm³/mol. The van der Waals surface area contributed by atoms with E-state index in [1.807, 2.05) is 19.2 Å². The number of urea groups is 1. The van der Waals surface area contributed by atoms with Gasteiger partial charge in [0.15, 0.2) is 0 Å². The van der Waals surface area contributed by atoms with Crippen molar-refractivity contribution in [3.63, 3.8) is 0 Å². The van der Waals surface area contributed by atoms with Crippen molar-refractivity contribution in [1.29, 1.82) is 0 Å². The van der Waals surface area contributed by atoms with Crippen LogP contribution < -0.4 is 10.6 Å². The van der Waals surface area contributed by atoms with Gasteiger partial charge in [0.1, 0.15) is 0 Å². The molecule has 3 N–H and O–H groups in total. The Bertz CT molecular complexity index is 313. The standard InChI is InChI=1S/C11H18N2O4/c1-3-5-8(4-2)12-11(17)13-9(14)6-7-10(15)16/h6-8H,3-5H2,1-2H3,(H,15,16)(H2,12,13,14,17). The largest absolute Gasteiger partial charge is 0.478 e. The number of amides is 3. The first-order chi connectivity index (χ1) is 7.99. The van der Waals surface area contributed by atoms with Crippen LogP contribution in [0, 0.1) is 0 Å². The highest BCUT2D eigenvalue weighted by atomic mass is 16.4. The second-order valence-corrected chi connectivity index (χ2v) is 3.53. The molecule has 3 amide bonds. The minimum atomic E-state index is -1.24. The van der Waals surface area contributed by atoms with Gasteiger partial charge in [0.2, 0.25) is 0 Å². The van der Waals surface area contributed by atoms with Gasteiger partial charge in [-0.25, -0.2) is 9.59 Å². The van der Waals surface area contributed by atoms with Crippen LogP contribution in [0.2, 0.25) is 0 Å². The number of imide groups is 1. The van der Waals surface area contributed by atoms with Gasteiger partial charge in [0.05, 0.1) is 0 Å². The summed E-state index contributed by atoms with van der Waals surface area (Å²) in [5.41, 5.74) is 0. The third-order valence-corrected chi connectivity index (χ3v) is 2.08. The first-order valence-electron chi connectivity index (χ1n) is 5.52. The molecule has 17 heavy (non-hydrogen) atoms. The van der Waals surface area contributed by atoms with Crippen molar-refractivity contribution < 1.29 is 19.5 Å². The van der Waals surface area contributed by atoms with E-state index in [2.05, 4.69) is 5.32 Å². The quantitative estimate of drug-likeness (QED) is 0.606. The van der Waals surface area contributed by atoms with Crippen molar-refractivity contribution in [3.05, 3.63) is 12.2 Å². The monoisotopic (exact) mass is 242 g/mol. The maximum Gasteiger partial charge on any atom is 0.328 e. The molecule has 0 saturated heterocycles. The minimum absolute atomic E-state index is 0.0243. The normalized spacial score (nSPS) is 12.1. The number of nitrogens with one attached hydrogen (secondary N) is 2. The fourth-order valence-electron chi connectivity index (χ4n) is 1.25. The van der Waals surface area contributed by atoms with E-state index in [4.69, 9.17) is 5.11 Å². The molecule has 0 aliphatic rings. The Morgan fingerprint density at radius 3 is 2.35 bits per heavy atom. The van der Waals surface area contributed by atoms with Crippen LogP contribution in [-0.4, -0.2) is 29.1 Å². The van der Waals surface area contributed by atoms with E-state index in [-0.39, 0.29) is 6.04 Å². The van der Waals surface area contributed by atoms with Crippen LogP contribution in [0.1, 0.15) is 33.1 Å². The molecule has 0 bridgehead atoms. The minimum Gasteiger partial charge on any atom is -0.478 e. The van der Waals surface area contributed by atoms with E-state index in [0.29, 0.717) is 6.08 Å². The predicted octanol–water partition coefficient (Wildman–Crippen LogP) is 1.03. The molecule has 0 rings (SSSR count). The third-order valence-electron chi connectivity index (χ3n) is 2.08. The van der Waals surface area contributed by atoms with E-state index in [0.717, 1.165) is 25.3 Å². The Kier molecular flexibility index (Phi) is 7.41. The number of hydrogen-bond donors (Lipinski definition) is 3. The van der Waals surface area contributed by atoms with Crippen molar-refractivity contribution in [3.8, 4) is 0 Å². The molecule has 0 spiro atoms. The zero-order valence-corrected chi connectivity index (χ0v) is 10.0. The fraction of sp³-hybridized carbons (Fsp3) is 0.545. The highest BCUT2D eigenvalue weighted by Gasteiger charge is 2.10. The van der Waals surface area contributed by atoms with Crippen molar-refractivity contribution in [2.24, 2.45) is 0 Å². The Labute approximate surface area is 100 Å². The summed E-state index contributed by atoms with van der Waals surface area (Å²) in [5.74, 6) is -1.99. The average Bonchev–Trinajstić information content (AvgIpc) is 2.25. The smallest absolute Gasteiger partial charge is 0.328 e. The molecular formula is C11H18N2O4. The maximum absolute atomic E-state index is 11.3. The van der Waals surface area contributed by atoms with Crippen LogP contribution in [0.3, 0.4) is 0 Å². The first-order valence-corrected chi connectivity index (χ1v) is 5.52. The number of rotatable bonds is 6. The second-order valence-electron chi connectivity index (χ2n) is 3.53. The molecule has 0 aliphatic heterocycles. The van der Waals surface area contributed by atoms with Crippen LogP contribution >= 0.6 is 0 Å². The van der Waals surface area contributed by atoms with Crippen molar-refractivity contribution in [2.45, 2.75) is 39.2 Å². The number of carboxylic acids is 1. The topological polar surface area (TPSA) is 95.5 Å². The van der Waals surface area contributed by atoms with Gasteiger partial charge in [-0.1, -0.05) is 20.3 Å². The lowest BCUT2D eigenvalue weighted by molar-refractivity contribution is -0.131. The van der Waals surface area contributed by atoms with Gasteiger partial charge in [-0.3, -0.25) is 10.1 Å². The second kappa shape index (κ2) is 8.32. The summed E-state index contributed by atoms with van der Waals surface area (Å²) in [6.45, 7) is 3.94. The Morgan fingerprint density at radius 1 is 1.24 bits per heavy atom. The summed E-state index contributed by atoms with van der Waals surface area (Å²) in [4.78, 5) is 32.5. The lowest BCUT2D eigenvalue weighted by atomic mass is 10.1. The van der Waals surface area contributed by atoms with Crippen LogP contribution in [0.5, 0.6) is 0 Å². The number of carboxylic acid groups (broad SMARTS) is 1. The highest BCUT2D eigenvalue weighted by Crippen LogP contribution is 2.00. The molecule has 0 saturated carbocycles. The highest BCUT2D eigenvalue weighted by molar-refractivity contribution is 6.02. The van der Waals surface area contributed by atoms with Crippen LogP contribution in [0.25, 0.3) is 0 Å². The summed E-state index contributed by atoms with van der Waals surface area (Å²) >= 11 is 0. The maximum atomic E-state index is 11.3. The van der Waals surface area contributed by atoms with Crippen molar-refractivity contribution >= 4 is 17.9 Å². The van der Waals surface area contributed by atoms with Crippen molar-refractivity contribution in [1.82, 2.24) is 10.6 Å². The molecule has 0 heterocycles. The van der Waals surface area contributed by atoms with Gasteiger partial charge in [0, 0.05) is 18.2 Å². The molecule has 0 fully saturated rings. The zero-order chi connectivity index (χ0) is 13.3. The molecule has 1 unspecified atom stereocenters. The lowest BCUT2D eigenvalue weighted by Crippen LogP contribution is -2.43. The summed E-state index contributed by atoms with van der Waals surface area (Å²) in [5, 5.41) is 12.9. The number of carbonyl (C=O) groups is 3. The van der Waals surface area contributed by atoms with Gasteiger partial charge < -0.3 is 10.4 Å². The van der Waals surface area contributed by atoms with Gasteiger partial charge in [0.25, 0.3) is 5.91 Å². The van der Waals surface area contributed by atoms with E-state index in [9.17, 15) is 14.4 Å². The van der Waals surface area contributed by atoms with Gasteiger partial charge in [-0.15, -0.1) is 0 Å². The molecule has 96 valence electrons. The van der Waals surface area contributed by atoms with E-state index < -0.39 is 17.9 Å². The Balaban J connectivity index is 4.08. The van der Waals surface area contributed by atoms with Gasteiger partial charge in [-0.2, -0.15) is 0 Å². The SMILES string of the molecule is CCCC(CC)NC(=O)NC(=O)C=CC(=O)O. The Morgan fingerprint density at radius 2 is 1.88 bits per heavy atom. The Hall–Kier alpha value is -1.85. The van der Waals surface area contributed by atoms with Crippen LogP contribution in [0.4, 0.5) is 4.79 Å². The van der Waals surface area contributed by atoms with E-state index in [1.165, 1.54) is 0 Å². The number of hydrogen-bond acceptors (Lipinski definition) is 3. The van der Waals surface area contributed by atoms with Crippen LogP contribution in [0.15, 0.2) is 12.2 Å². The van der Waals surface area contributed by atoms with Gasteiger partial charge in [-0.05, 0) is 12.8 Å². The molecule has 0 aromatic heterocycles.